The minimum Gasteiger partial charge on any atom is -0.410 e. The van der Waals surface area contributed by atoms with E-state index in [2.05, 4.69) is 82.4 Å². The van der Waals surface area contributed by atoms with Crippen LogP contribution in [0.5, 0.6) is 0 Å². The van der Waals surface area contributed by atoms with Gasteiger partial charge in [-0.05, 0) is 54.2 Å². The molecule has 1 heterocycles. The summed E-state index contributed by atoms with van der Waals surface area (Å²) in [6.07, 6.45) is 1.63. The van der Waals surface area contributed by atoms with Crippen LogP contribution >= 0.6 is 0 Å². The van der Waals surface area contributed by atoms with Crippen LogP contribution in [0.25, 0.3) is 0 Å². The molecule has 1 saturated heterocycles. The Bertz CT molecular complexity index is 1080. The lowest BCUT2D eigenvalue weighted by Crippen LogP contribution is -2.55. The van der Waals surface area contributed by atoms with Crippen LogP contribution in [0.3, 0.4) is 0 Å². The first-order valence-corrected chi connectivity index (χ1v) is 15.3. The summed E-state index contributed by atoms with van der Waals surface area (Å²) in [5.74, 6) is 0.163. The Kier molecular flexibility index (Phi) is 7.11. The van der Waals surface area contributed by atoms with E-state index in [9.17, 15) is 4.79 Å². The lowest BCUT2D eigenvalue weighted by Gasteiger charge is -2.48. The molecular formula is C30H37NO2Si. The van der Waals surface area contributed by atoms with Crippen LogP contribution in [0.2, 0.25) is 18.1 Å². The highest BCUT2D eigenvalue weighted by molar-refractivity contribution is 6.74. The van der Waals surface area contributed by atoms with Crippen LogP contribution in [-0.2, 0) is 9.22 Å². The monoisotopic (exact) mass is 471 g/mol. The summed E-state index contributed by atoms with van der Waals surface area (Å²) in [5.41, 5.74) is 3.36. The number of nitrogens with zero attached hydrogens (tertiary/aromatic N) is 1. The highest BCUT2D eigenvalue weighted by Crippen LogP contribution is 2.47. The van der Waals surface area contributed by atoms with Crippen LogP contribution in [-0.4, -0.2) is 14.2 Å². The van der Waals surface area contributed by atoms with Gasteiger partial charge in [0.1, 0.15) is 0 Å². The maximum Gasteiger partial charge on any atom is 0.233 e. The van der Waals surface area contributed by atoms with E-state index in [0.29, 0.717) is 0 Å². The van der Waals surface area contributed by atoms with Crippen molar-refractivity contribution in [3.63, 3.8) is 0 Å². The van der Waals surface area contributed by atoms with Crippen LogP contribution < -0.4 is 4.90 Å². The number of amides is 1. The molecule has 1 aliphatic heterocycles. The molecule has 0 N–H and O–H groups in total. The molecular weight excluding hydrogens is 434 g/mol. The molecule has 0 bridgehead atoms. The molecule has 0 radical (unpaired) electrons. The molecule has 3 aromatic carbocycles. The van der Waals surface area contributed by atoms with Crippen LogP contribution in [0.15, 0.2) is 91.0 Å². The minimum atomic E-state index is -1.97. The minimum absolute atomic E-state index is 0.00269. The summed E-state index contributed by atoms with van der Waals surface area (Å²) in [7, 11) is -1.97. The number of rotatable bonds is 8. The number of carbonyl (C=O) groups is 1. The molecule has 3 unspecified atom stereocenters. The highest BCUT2D eigenvalue weighted by atomic mass is 28.4. The molecule has 178 valence electrons. The molecule has 0 aliphatic carbocycles. The first kappa shape index (κ1) is 24.4. The zero-order valence-corrected chi connectivity index (χ0v) is 22.1. The number of hydrogen-bond acceptors (Lipinski definition) is 2. The van der Waals surface area contributed by atoms with E-state index in [4.69, 9.17) is 4.43 Å². The van der Waals surface area contributed by atoms with Crippen molar-refractivity contribution in [2.24, 2.45) is 5.92 Å². The Morgan fingerprint density at radius 2 is 1.38 bits per heavy atom. The van der Waals surface area contributed by atoms with Gasteiger partial charge >= 0.3 is 0 Å². The van der Waals surface area contributed by atoms with Gasteiger partial charge in [0.05, 0.1) is 18.1 Å². The fraction of sp³-hybridized carbons (Fsp3) is 0.367. The molecule has 3 nitrogen and oxygen atoms in total. The predicted octanol–water partition coefficient (Wildman–Crippen LogP) is 7.93. The Hall–Kier alpha value is -2.69. The number of benzene rings is 3. The second-order valence-corrected chi connectivity index (χ2v) is 15.6. The molecule has 3 atom stereocenters. The third-order valence-corrected chi connectivity index (χ3v) is 12.0. The van der Waals surface area contributed by atoms with E-state index >= 15 is 0 Å². The SMILES string of the molecule is CC(C)(C)[Si](C)(C)OC(CCC1C(=O)N(c2ccccc2)C1c1ccccc1)c1ccccc1. The van der Waals surface area contributed by atoms with Crippen molar-refractivity contribution < 1.29 is 9.22 Å². The average Bonchev–Trinajstić information content (AvgIpc) is 2.82. The quantitative estimate of drug-likeness (QED) is 0.246. The number of hydrogen-bond donors (Lipinski definition) is 0. The molecule has 1 fully saturated rings. The molecule has 4 heteroatoms. The number of carbonyl (C=O) groups excluding carboxylic acids is 1. The van der Waals surface area contributed by atoms with E-state index in [1.54, 1.807) is 0 Å². The van der Waals surface area contributed by atoms with Crippen LogP contribution in [0, 0.1) is 5.92 Å². The smallest absolute Gasteiger partial charge is 0.233 e. The van der Waals surface area contributed by atoms with Crippen molar-refractivity contribution in [1.29, 1.82) is 0 Å². The third kappa shape index (κ3) is 5.03. The fourth-order valence-corrected chi connectivity index (χ4v) is 5.88. The predicted molar refractivity (Wildman–Crippen MR) is 143 cm³/mol. The Morgan fingerprint density at radius 1 is 0.853 bits per heavy atom. The first-order valence-electron chi connectivity index (χ1n) is 12.3. The van der Waals surface area contributed by atoms with E-state index in [1.807, 2.05) is 47.4 Å². The molecule has 0 saturated carbocycles. The van der Waals surface area contributed by atoms with Gasteiger partial charge in [0, 0.05) is 5.69 Å². The number of anilines is 1. The van der Waals surface area contributed by atoms with Crippen LogP contribution in [0.1, 0.15) is 56.9 Å². The zero-order valence-electron chi connectivity index (χ0n) is 21.1. The van der Waals surface area contributed by atoms with Gasteiger partial charge < -0.3 is 9.33 Å². The number of para-hydroxylation sites is 1. The van der Waals surface area contributed by atoms with Crippen molar-refractivity contribution in [3.05, 3.63) is 102 Å². The molecule has 1 amide bonds. The second kappa shape index (κ2) is 9.89. The summed E-state index contributed by atoms with van der Waals surface area (Å²) in [4.78, 5) is 15.4. The highest BCUT2D eigenvalue weighted by Gasteiger charge is 2.48. The molecule has 4 rings (SSSR count). The Balaban J connectivity index is 1.58. The second-order valence-electron chi connectivity index (χ2n) is 10.9. The molecule has 0 spiro atoms. The largest absolute Gasteiger partial charge is 0.410 e. The lowest BCUT2D eigenvalue weighted by molar-refractivity contribution is -0.131. The lowest BCUT2D eigenvalue weighted by atomic mass is 9.78. The molecule has 34 heavy (non-hydrogen) atoms. The van der Waals surface area contributed by atoms with Gasteiger partial charge in [-0.2, -0.15) is 0 Å². The van der Waals surface area contributed by atoms with Gasteiger partial charge in [0.2, 0.25) is 5.91 Å². The fourth-order valence-electron chi connectivity index (χ4n) is 4.56. The van der Waals surface area contributed by atoms with Gasteiger partial charge in [0.25, 0.3) is 0 Å². The Morgan fingerprint density at radius 3 is 1.94 bits per heavy atom. The van der Waals surface area contributed by atoms with Gasteiger partial charge in [0.15, 0.2) is 8.32 Å². The van der Waals surface area contributed by atoms with E-state index < -0.39 is 8.32 Å². The maximum atomic E-state index is 13.4. The first-order chi connectivity index (χ1) is 16.2. The van der Waals surface area contributed by atoms with Crippen molar-refractivity contribution in [2.45, 2.75) is 63.9 Å². The number of β-lactam (4-membered cyclic amide) rings is 1. The van der Waals surface area contributed by atoms with Crippen LogP contribution in [0.4, 0.5) is 5.69 Å². The maximum absolute atomic E-state index is 13.4. The molecule has 1 aliphatic rings. The van der Waals surface area contributed by atoms with Gasteiger partial charge in [-0.15, -0.1) is 0 Å². The molecule has 3 aromatic rings. The van der Waals surface area contributed by atoms with Crippen molar-refractivity contribution >= 4 is 19.9 Å². The standard InChI is InChI=1S/C30H37NO2Si/c1-30(2,3)34(4,5)33-27(23-15-9-6-10-16-23)22-21-26-28(24-17-11-7-12-18-24)31(29(26)32)25-19-13-8-14-20-25/h6-20,26-28H,21-22H2,1-5H3. The summed E-state index contributed by atoms with van der Waals surface area (Å²) >= 11 is 0. The molecule has 0 aromatic heterocycles. The topological polar surface area (TPSA) is 29.5 Å². The Labute approximate surface area is 205 Å². The van der Waals surface area contributed by atoms with Crippen molar-refractivity contribution in [3.8, 4) is 0 Å². The zero-order chi connectivity index (χ0) is 24.3. The van der Waals surface area contributed by atoms with Gasteiger partial charge in [-0.3, -0.25) is 4.79 Å². The van der Waals surface area contributed by atoms with E-state index in [-0.39, 0.29) is 29.0 Å². The van der Waals surface area contributed by atoms with Crippen molar-refractivity contribution in [2.75, 3.05) is 4.90 Å². The summed E-state index contributed by atoms with van der Waals surface area (Å²) in [6.45, 7) is 11.4. The van der Waals surface area contributed by atoms with Gasteiger partial charge in [-0.25, -0.2) is 0 Å². The average molecular weight is 472 g/mol. The summed E-state index contributed by atoms with van der Waals surface area (Å²) in [5, 5.41) is 0.128. The summed E-state index contributed by atoms with van der Waals surface area (Å²) in [6, 6.07) is 31.0. The third-order valence-electron chi connectivity index (χ3n) is 7.54. The van der Waals surface area contributed by atoms with E-state index in [1.165, 1.54) is 11.1 Å². The summed E-state index contributed by atoms with van der Waals surface area (Å²) < 4.78 is 6.91. The van der Waals surface area contributed by atoms with Gasteiger partial charge in [-0.1, -0.05) is 99.6 Å². The normalized spacial score (nSPS) is 19.6. The van der Waals surface area contributed by atoms with Crippen molar-refractivity contribution in [1.82, 2.24) is 0 Å². The van der Waals surface area contributed by atoms with E-state index in [0.717, 1.165) is 18.5 Å².